The van der Waals surface area contributed by atoms with E-state index in [2.05, 4.69) is 27.1 Å². The maximum atomic E-state index is 12.3. The van der Waals surface area contributed by atoms with Gasteiger partial charge < -0.3 is 10.2 Å². The number of hydrogen-bond acceptors (Lipinski definition) is 4. The fourth-order valence-corrected chi connectivity index (χ4v) is 3.27. The van der Waals surface area contributed by atoms with E-state index in [0.717, 1.165) is 18.8 Å². The summed E-state index contributed by atoms with van der Waals surface area (Å²) in [5.74, 6) is 0.558. The molecule has 6 heteroatoms. The first kappa shape index (κ1) is 16.7. The van der Waals surface area contributed by atoms with Crippen LogP contribution in [0, 0.1) is 0 Å². The van der Waals surface area contributed by atoms with Crippen molar-refractivity contribution in [2.75, 3.05) is 16.8 Å². The van der Waals surface area contributed by atoms with E-state index in [1.165, 1.54) is 25.5 Å². The summed E-state index contributed by atoms with van der Waals surface area (Å²) >= 11 is 5.92. The highest BCUT2D eigenvalue weighted by molar-refractivity contribution is 6.30. The lowest BCUT2D eigenvalue weighted by Crippen LogP contribution is -2.39. The van der Waals surface area contributed by atoms with E-state index in [0.29, 0.717) is 22.4 Å². The van der Waals surface area contributed by atoms with Crippen LogP contribution in [0.15, 0.2) is 36.7 Å². The van der Waals surface area contributed by atoms with Gasteiger partial charge in [0, 0.05) is 23.3 Å². The van der Waals surface area contributed by atoms with Crippen molar-refractivity contribution in [1.29, 1.82) is 0 Å². The van der Waals surface area contributed by atoms with Crippen molar-refractivity contribution in [2.24, 2.45) is 0 Å². The Morgan fingerprint density at radius 1 is 1.33 bits per heavy atom. The quantitative estimate of drug-likeness (QED) is 0.905. The summed E-state index contributed by atoms with van der Waals surface area (Å²) in [5.41, 5.74) is 0.934. The number of nitrogens with one attached hydrogen (secondary N) is 1. The highest BCUT2D eigenvalue weighted by atomic mass is 35.5. The Balaban J connectivity index is 1.70. The van der Waals surface area contributed by atoms with Gasteiger partial charge in [0.05, 0.1) is 12.4 Å². The van der Waals surface area contributed by atoms with Gasteiger partial charge in [0.2, 0.25) is 0 Å². The lowest BCUT2D eigenvalue weighted by molar-refractivity contribution is 0.102. The smallest absolute Gasteiger partial charge is 0.275 e. The molecule has 0 saturated carbocycles. The van der Waals surface area contributed by atoms with Crippen LogP contribution in [0.1, 0.15) is 43.1 Å². The average Bonchev–Trinajstić information content (AvgIpc) is 2.62. The molecule has 1 unspecified atom stereocenters. The van der Waals surface area contributed by atoms with Crippen LogP contribution in [0.5, 0.6) is 0 Å². The van der Waals surface area contributed by atoms with Gasteiger partial charge in [-0.15, -0.1) is 0 Å². The van der Waals surface area contributed by atoms with E-state index in [1.807, 2.05) is 0 Å². The Labute approximate surface area is 147 Å². The molecular weight excluding hydrogens is 324 g/mol. The van der Waals surface area contributed by atoms with E-state index >= 15 is 0 Å². The lowest BCUT2D eigenvalue weighted by Gasteiger charge is -2.35. The van der Waals surface area contributed by atoms with Crippen LogP contribution in [0.25, 0.3) is 0 Å². The molecule has 1 amide bonds. The Morgan fingerprint density at radius 3 is 2.92 bits per heavy atom. The zero-order chi connectivity index (χ0) is 16.9. The summed E-state index contributed by atoms with van der Waals surface area (Å²) in [6, 6.07) is 7.54. The van der Waals surface area contributed by atoms with E-state index in [9.17, 15) is 4.79 Å². The second-order valence-corrected chi connectivity index (χ2v) is 6.41. The Bertz CT molecular complexity index is 704. The first-order valence-corrected chi connectivity index (χ1v) is 8.71. The van der Waals surface area contributed by atoms with Crippen LogP contribution >= 0.6 is 11.6 Å². The third-order valence-corrected chi connectivity index (χ3v) is 4.58. The SMILES string of the molecule is CCC1CCCCN1c1cnc(C(=O)Nc2cccc(Cl)c2)cn1. The molecule has 1 aliphatic rings. The maximum Gasteiger partial charge on any atom is 0.275 e. The summed E-state index contributed by atoms with van der Waals surface area (Å²) < 4.78 is 0. The van der Waals surface area contributed by atoms with E-state index in [-0.39, 0.29) is 5.91 Å². The second kappa shape index (κ2) is 7.62. The van der Waals surface area contributed by atoms with Gasteiger partial charge in [-0.25, -0.2) is 9.97 Å². The summed E-state index contributed by atoms with van der Waals surface area (Å²) in [6.45, 7) is 3.20. The van der Waals surface area contributed by atoms with Gasteiger partial charge in [-0.05, 0) is 43.9 Å². The molecule has 2 aromatic rings. The highest BCUT2D eigenvalue weighted by Gasteiger charge is 2.22. The molecule has 1 aliphatic heterocycles. The fraction of sp³-hybridized carbons (Fsp3) is 0.389. The summed E-state index contributed by atoms with van der Waals surface area (Å²) in [7, 11) is 0. The van der Waals surface area contributed by atoms with Crippen LogP contribution in [-0.2, 0) is 0 Å². The molecule has 0 spiro atoms. The molecule has 1 N–H and O–H groups in total. The van der Waals surface area contributed by atoms with Gasteiger partial charge in [-0.2, -0.15) is 0 Å². The van der Waals surface area contributed by atoms with Crippen molar-refractivity contribution < 1.29 is 4.79 Å². The molecule has 1 fully saturated rings. The molecule has 2 heterocycles. The minimum absolute atomic E-state index is 0.290. The van der Waals surface area contributed by atoms with Crippen molar-refractivity contribution in [3.8, 4) is 0 Å². The van der Waals surface area contributed by atoms with Crippen molar-refractivity contribution in [3.05, 3.63) is 47.4 Å². The number of halogens is 1. The molecule has 1 aromatic carbocycles. The summed E-state index contributed by atoms with van der Waals surface area (Å²) in [4.78, 5) is 23.3. The number of amides is 1. The van der Waals surface area contributed by atoms with Crippen LogP contribution in [0.2, 0.25) is 5.02 Å². The molecule has 126 valence electrons. The van der Waals surface area contributed by atoms with Gasteiger partial charge >= 0.3 is 0 Å². The summed E-state index contributed by atoms with van der Waals surface area (Å²) in [6.07, 6.45) is 7.96. The largest absolute Gasteiger partial charge is 0.352 e. The molecular formula is C18H21ClN4O. The molecule has 1 aromatic heterocycles. The fourth-order valence-electron chi connectivity index (χ4n) is 3.07. The minimum atomic E-state index is -0.290. The van der Waals surface area contributed by atoms with E-state index in [4.69, 9.17) is 11.6 Å². The average molecular weight is 345 g/mol. The predicted octanol–water partition coefficient (Wildman–Crippen LogP) is 4.15. The normalized spacial score (nSPS) is 17.6. The zero-order valence-corrected chi connectivity index (χ0v) is 14.5. The first-order chi connectivity index (χ1) is 11.7. The van der Waals surface area contributed by atoms with E-state index < -0.39 is 0 Å². The van der Waals surface area contributed by atoms with Crippen LogP contribution in [-0.4, -0.2) is 28.5 Å². The van der Waals surface area contributed by atoms with Gasteiger partial charge in [-0.1, -0.05) is 24.6 Å². The maximum absolute atomic E-state index is 12.3. The molecule has 5 nitrogen and oxygen atoms in total. The highest BCUT2D eigenvalue weighted by Crippen LogP contribution is 2.24. The number of aromatic nitrogens is 2. The minimum Gasteiger partial charge on any atom is -0.352 e. The van der Waals surface area contributed by atoms with Crippen molar-refractivity contribution >= 4 is 29.0 Å². The first-order valence-electron chi connectivity index (χ1n) is 8.33. The Kier molecular flexibility index (Phi) is 5.30. The third-order valence-electron chi connectivity index (χ3n) is 4.35. The molecule has 0 radical (unpaired) electrons. The summed E-state index contributed by atoms with van der Waals surface area (Å²) in [5, 5.41) is 3.35. The standard InChI is InChI=1S/C18H21ClN4O/c1-2-15-8-3-4-9-23(15)17-12-20-16(11-21-17)18(24)22-14-7-5-6-13(19)10-14/h5-7,10-12,15H,2-4,8-9H2,1H3,(H,22,24). The molecule has 1 atom stereocenters. The van der Waals surface area contributed by atoms with Crippen LogP contribution in [0.4, 0.5) is 11.5 Å². The lowest BCUT2D eigenvalue weighted by atomic mass is 10.0. The van der Waals surface area contributed by atoms with Crippen molar-refractivity contribution in [1.82, 2.24) is 9.97 Å². The number of anilines is 2. The number of hydrogen-bond donors (Lipinski definition) is 1. The molecule has 0 bridgehead atoms. The van der Waals surface area contributed by atoms with Gasteiger partial charge in [0.15, 0.2) is 0 Å². The monoisotopic (exact) mass is 344 g/mol. The van der Waals surface area contributed by atoms with Crippen LogP contribution < -0.4 is 10.2 Å². The molecule has 0 aliphatic carbocycles. The number of nitrogens with zero attached hydrogens (tertiary/aromatic N) is 3. The van der Waals surface area contributed by atoms with Gasteiger partial charge in [0.25, 0.3) is 5.91 Å². The zero-order valence-electron chi connectivity index (χ0n) is 13.7. The number of benzene rings is 1. The molecule has 1 saturated heterocycles. The van der Waals surface area contributed by atoms with Crippen molar-refractivity contribution in [3.63, 3.8) is 0 Å². The number of rotatable bonds is 4. The number of carbonyl (C=O) groups excluding carboxylic acids is 1. The predicted molar refractivity (Wildman–Crippen MR) is 96.7 cm³/mol. The van der Waals surface area contributed by atoms with Gasteiger partial charge in [0.1, 0.15) is 11.5 Å². The second-order valence-electron chi connectivity index (χ2n) is 5.98. The van der Waals surface area contributed by atoms with Crippen LogP contribution in [0.3, 0.4) is 0 Å². The van der Waals surface area contributed by atoms with Crippen molar-refractivity contribution in [2.45, 2.75) is 38.6 Å². The molecule has 24 heavy (non-hydrogen) atoms. The van der Waals surface area contributed by atoms with E-state index in [1.54, 1.807) is 30.5 Å². The Morgan fingerprint density at radius 2 is 2.21 bits per heavy atom. The number of piperidine rings is 1. The topological polar surface area (TPSA) is 58.1 Å². The van der Waals surface area contributed by atoms with Gasteiger partial charge in [-0.3, -0.25) is 4.79 Å². The molecule has 3 rings (SSSR count). The Hall–Kier alpha value is -2.14. The third kappa shape index (κ3) is 3.85. The number of carbonyl (C=O) groups is 1.